The first-order chi connectivity index (χ1) is 18.5. The molecular weight excluding hydrogens is 525 g/mol. The summed E-state index contributed by atoms with van der Waals surface area (Å²) in [6.07, 6.45) is 6.58. The van der Waals surface area contributed by atoms with E-state index in [4.69, 9.17) is 6.42 Å². The summed E-state index contributed by atoms with van der Waals surface area (Å²) in [5, 5.41) is 2.82. The number of halogens is 1. The molecule has 5 rings (SSSR count). The largest absolute Gasteiger partial charge is 0.352 e. The van der Waals surface area contributed by atoms with Crippen LogP contribution in [-0.2, 0) is 17.1 Å². The number of aromatic nitrogens is 3. The third kappa shape index (κ3) is 4.72. The van der Waals surface area contributed by atoms with Gasteiger partial charge in [0.05, 0.1) is 28.5 Å². The molecule has 0 atom stereocenters. The number of benzene rings is 2. The van der Waals surface area contributed by atoms with Crippen molar-refractivity contribution in [3.63, 3.8) is 0 Å². The zero-order chi connectivity index (χ0) is 28.1. The minimum atomic E-state index is -3.61. The predicted molar refractivity (Wildman–Crippen MR) is 148 cm³/mol. The Morgan fingerprint density at radius 3 is 2.46 bits per heavy atom. The number of nitrogens with zero attached hydrogens (tertiary/aromatic N) is 3. The van der Waals surface area contributed by atoms with E-state index in [2.05, 4.69) is 16.0 Å². The molecule has 0 spiro atoms. The molecule has 0 bridgehead atoms. The van der Waals surface area contributed by atoms with E-state index in [-0.39, 0.29) is 45.6 Å². The number of fused-ring (bicyclic) bond motifs is 1. The van der Waals surface area contributed by atoms with E-state index in [9.17, 15) is 27.2 Å². The van der Waals surface area contributed by atoms with Crippen molar-refractivity contribution in [1.82, 2.24) is 13.7 Å². The number of aryl methyl sites for hydroxylation is 1. The zero-order valence-corrected chi connectivity index (χ0v) is 21.9. The second-order valence-corrected chi connectivity index (χ2v) is 11.2. The fraction of sp³-hybridized carbons (Fsp3) is 0.222. The van der Waals surface area contributed by atoms with Gasteiger partial charge in [-0.25, -0.2) is 22.2 Å². The van der Waals surface area contributed by atoms with Crippen LogP contribution in [0.4, 0.5) is 21.5 Å². The Morgan fingerprint density at radius 1 is 1.08 bits per heavy atom. The molecule has 0 amide bonds. The van der Waals surface area contributed by atoms with Gasteiger partial charge in [0.1, 0.15) is 16.9 Å². The highest BCUT2D eigenvalue weighted by atomic mass is 32.2. The van der Waals surface area contributed by atoms with Crippen LogP contribution in [-0.4, -0.2) is 27.9 Å². The average molecular weight is 550 g/mol. The quantitative estimate of drug-likeness (QED) is 0.342. The van der Waals surface area contributed by atoms with Crippen molar-refractivity contribution in [3.8, 4) is 18.0 Å². The lowest BCUT2D eigenvalue weighted by Crippen LogP contribution is -2.41. The van der Waals surface area contributed by atoms with Crippen molar-refractivity contribution in [2.45, 2.75) is 25.8 Å². The summed E-state index contributed by atoms with van der Waals surface area (Å²) in [6, 6.07) is 11.0. The van der Waals surface area contributed by atoms with Gasteiger partial charge in [0, 0.05) is 24.7 Å². The number of nitrogens with one attached hydrogen (secondary N) is 2. The Labute approximate surface area is 222 Å². The molecule has 2 aromatic heterocycles. The molecule has 0 unspecified atom stereocenters. The van der Waals surface area contributed by atoms with E-state index >= 15 is 0 Å². The minimum absolute atomic E-state index is 0.0106. The Morgan fingerprint density at radius 2 is 1.82 bits per heavy atom. The second kappa shape index (κ2) is 9.59. The molecule has 2 aromatic carbocycles. The van der Waals surface area contributed by atoms with Crippen molar-refractivity contribution in [3.05, 3.63) is 91.1 Å². The van der Waals surface area contributed by atoms with Gasteiger partial charge in [0.25, 0.3) is 11.1 Å². The third-order valence-electron chi connectivity index (χ3n) is 6.53. The predicted octanol–water partition coefficient (Wildman–Crippen LogP) is 2.81. The number of rotatable bonds is 7. The normalized spacial score (nSPS) is 13.3. The topological polar surface area (TPSA) is 124 Å². The third-order valence-corrected chi connectivity index (χ3v) is 7.83. The van der Waals surface area contributed by atoms with E-state index in [0.29, 0.717) is 18.4 Å². The number of hydrogen-bond donors (Lipinski definition) is 2. The summed E-state index contributed by atoms with van der Waals surface area (Å²) in [4.78, 5) is 40.6. The zero-order valence-electron chi connectivity index (χ0n) is 21.1. The van der Waals surface area contributed by atoms with E-state index in [1.165, 1.54) is 42.8 Å². The van der Waals surface area contributed by atoms with Crippen LogP contribution < -0.4 is 26.8 Å². The highest BCUT2D eigenvalue weighted by Gasteiger charge is 2.31. The van der Waals surface area contributed by atoms with Gasteiger partial charge in [-0.2, -0.15) is 0 Å². The fourth-order valence-corrected chi connectivity index (χ4v) is 4.99. The summed E-state index contributed by atoms with van der Waals surface area (Å²) < 4.78 is 45.0. The summed E-state index contributed by atoms with van der Waals surface area (Å²) in [6.45, 7) is 1.49. The molecule has 200 valence electrons. The number of sulfonamides is 1. The van der Waals surface area contributed by atoms with Crippen LogP contribution in [0.25, 0.3) is 16.7 Å². The van der Waals surface area contributed by atoms with Gasteiger partial charge in [0.15, 0.2) is 0 Å². The van der Waals surface area contributed by atoms with E-state index in [1.54, 1.807) is 12.1 Å². The lowest BCUT2D eigenvalue weighted by atomic mass is 10.2. The molecule has 0 saturated heterocycles. The van der Waals surface area contributed by atoms with E-state index in [0.717, 1.165) is 21.3 Å². The molecule has 1 saturated carbocycles. The van der Waals surface area contributed by atoms with Gasteiger partial charge >= 0.3 is 5.69 Å². The first kappa shape index (κ1) is 26.0. The first-order valence-corrected chi connectivity index (χ1v) is 13.7. The van der Waals surface area contributed by atoms with Gasteiger partial charge < -0.3 is 5.32 Å². The van der Waals surface area contributed by atoms with Crippen LogP contribution in [0, 0.1) is 18.2 Å². The molecule has 12 heteroatoms. The molecule has 10 nitrogen and oxygen atoms in total. The molecule has 2 heterocycles. The Bertz CT molecular complexity index is 1980. The Hall–Kier alpha value is -4.63. The highest BCUT2D eigenvalue weighted by molar-refractivity contribution is 7.92. The van der Waals surface area contributed by atoms with Gasteiger partial charge in [0.2, 0.25) is 10.0 Å². The summed E-state index contributed by atoms with van der Waals surface area (Å²) >= 11 is 0. The van der Waals surface area contributed by atoms with Crippen molar-refractivity contribution in [1.29, 1.82) is 0 Å². The molecule has 4 aromatic rings. The molecule has 0 radical (unpaired) electrons. The Kier molecular flexibility index (Phi) is 6.40. The first-order valence-electron chi connectivity index (χ1n) is 12.1. The molecule has 2 N–H and O–H groups in total. The highest BCUT2D eigenvalue weighted by Crippen LogP contribution is 2.34. The smallest absolute Gasteiger partial charge is 0.337 e. The van der Waals surface area contributed by atoms with Crippen LogP contribution >= 0.6 is 0 Å². The number of pyridine rings is 1. The average Bonchev–Trinajstić information content (AvgIpc) is 3.73. The molecule has 1 fully saturated rings. The number of anilines is 3. The minimum Gasteiger partial charge on any atom is -0.352 e. The maximum atomic E-state index is 14.8. The van der Waals surface area contributed by atoms with Gasteiger partial charge in [-0.3, -0.25) is 23.4 Å². The Balaban J connectivity index is 1.82. The molecule has 0 aliphatic heterocycles. The van der Waals surface area contributed by atoms with Crippen molar-refractivity contribution >= 4 is 38.1 Å². The summed E-state index contributed by atoms with van der Waals surface area (Å²) in [5.74, 6) is 1.49. The van der Waals surface area contributed by atoms with Crippen LogP contribution in [0.5, 0.6) is 0 Å². The van der Waals surface area contributed by atoms with Crippen molar-refractivity contribution < 1.29 is 12.8 Å². The standard InChI is InChI=1S/C27H24FN5O5S/c1-4-16-9-12-21(20(28)13-16)29-22-15-23(34)31(3)25-24(22)26(35)33(18-10-11-18)27(36)32(25)19-8-6-7-17(14-19)30-39(37,38)5-2/h1,6-9,12-15,18,29-30H,5,10-11H2,2-3H3. The number of hydrogen-bond acceptors (Lipinski definition) is 6. The fourth-order valence-electron chi connectivity index (χ4n) is 4.36. The van der Waals surface area contributed by atoms with Gasteiger partial charge in [-0.15, -0.1) is 6.42 Å². The number of terminal acetylenes is 1. The van der Waals surface area contributed by atoms with Gasteiger partial charge in [-0.05, 0) is 56.2 Å². The maximum Gasteiger partial charge on any atom is 0.337 e. The lowest BCUT2D eigenvalue weighted by Gasteiger charge is -2.19. The van der Waals surface area contributed by atoms with Crippen LogP contribution in [0.15, 0.2) is 62.9 Å². The summed E-state index contributed by atoms with van der Waals surface area (Å²) in [5.41, 5.74) is -1.17. The van der Waals surface area contributed by atoms with E-state index in [1.807, 2.05) is 0 Å². The molecule has 39 heavy (non-hydrogen) atoms. The van der Waals surface area contributed by atoms with Crippen LogP contribution in [0.1, 0.15) is 31.4 Å². The maximum absolute atomic E-state index is 14.8. The second-order valence-electron chi connectivity index (χ2n) is 9.20. The molecule has 1 aliphatic rings. The molecule has 1 aliphatic carbocycles. The molecular formula is C27H24FN5O5S. The van der Waals surface area contributed by atoms with Crippen molar-refractivity contribution in [2.75, 3.05) is 15.8 Å². The SMILES string of the molecule is C#Cc1ccc(Nc2cc(=O)n(C)c3c2c(=O)n(C2CC2)c(=O)n3-c2cccc(NS(=O)(=O)CC)c2)c(F)c1. The van der Waals surface area contributed by atoms with Crippen molar-refractivity contribution in [2.24, 2.45) is 7.05 Å². The van der Waals surface area contributed by atoms with Gasteiger partial charge in [-0.1, -0.05) is 12.0 Å². The van der Waals surface area contributed by atoms with E-state index < -0.39 is 32.6 Å². The monoisotopic (exact) mass is 549 g/mol. The summed E-state index contributed by atoms with van der Waals surface area (Å²) in [7, 11) is -2.20. The lowest BCUT2D eigenvalue weighted by molar-refractivity contribution is 0.602. The van der Waals surface area contributed by atoms with Crippen LogP contribution in [0.2, 0.25) is 0 Å². The van der Waals surface area contributed by atoms with Crippen LogP contribution in [0.3, 0.4) is 0 Å².